The third-order valence-corrected chi connectivity index (χ3v) is 4.92. The van der Waals surface area contributed by atoms with Crippen LogP contribution < -0.4 is 18.9 Å². The maximum Gasteiger partial charge on any atom is 0.180 e. The molecule has 5 nitrogen and oxygen atoms in total. The molecule has 0 fully saturated rings. The highest BCUT2D eigenvalue weighted by Crippen LogP contribution is 2.37. The summed E-state index contributed by atoms with van der Waals surface area (Å²) in [5, 5.41) is 0.490. The molecule has 0 aliphatic rings. The molecule has 31 heavy (non-hydrogen) atoms. The van der Waals surface area contributed by atoms with Crippen molar-refractivity contribution in [2.24, 2.45) is 4.99 Å². The number of benzene rings is 3. The minimum atomic E-state index is 0.0459. The molecule has 0 bridgehead atoms. The van der Waals surface area contributed by atoms with E-state index in [1.165, 1.54) is 0 Å². The molecule has 0 saturated heterocycles. The van der Waals surface area contributed by atoms with Gasteiger partial charge in [0, 0.05) is 6.21 Å². The summed E-state index contributed by atoms with van der Waals surface area (Å²) in [7, 11) is 3.23. The molecule has 0 saturated carbocycles. The van der Waals surface area contributed by atoms with Crippen molar-refractivity contribution in [3.05, 3.63) is 71.2 Å². The lowest BCUT2D eigenvalue weighted by molar-refractivity contribution is 0.208. The van der Waals surface area contributed by atoms with Gasteiger partial charge in [0.15, 0.2) is 11.5 Å². The maximum absolute atomic E-state index is 6.42. The fraction of sp³-hybridized carbons (Fsp3) is 0.240. The molecule has 0 spiro atoms. The summed E-state index contributed by atoms with van der Waals surface area (Å²) in [6.07, 6.45) is 2.66. The van der Waals surface area contributed by atoms with Gasteiger partial charge in [-0.25, -0.2) is 0 Å². The first-order valence-corrected chi connectivity index (χ1v) is 10.4. The van der Waals surface area contributed by atoms with Crippen LogP contribution in [-0.2, 0) is 0 Å². The number of nitrogens with zero attached hydrogens (tertiary/aromatic N) is 1. The molecule has 0 amide bonds. The first kappa shape index (κ1) is 22.5. The molecule has 1 atom stereocenters. The van der Waals surface area contributed by atoms with Gasteiger partial charge in [-0.15, -0.1) is 0 Å². The van der Waals surface area contributed by atoms with Crippen molar-refractivity contribution < 1.29 is 18.9 Å². The Bertz CT molecular complexity index is 1020. The van der Waals surface area contributed by atoms with Crippen LogP contribution in [0.5, 0.6) is 28.7 Å². The van der Waals surface area contributed by atoms with Crippen LogP contribution in [0.4, 0.5) is 5.69 Å². The van der Waals surface area contributed by atoms with Crippen molar-refractivity contribution in [3.8, 4) is 28.7 Å². The minimum Gasteiger partial charge on any atom is -0.497 e. The molecule has 0 unspecified atom stereocenters. The van der Waals surface area contributed by atoms with Gasteiger partial charge in [0.2, 0.25) is 0 Å². The summed E-state index contributed by atoms with van der Waals surface area (Å²) in [5.74, 6) is 3.38. The quantitative estimate of drug-likeness (QED) is 0.334. The van der Waals surface area contributed by atoms with Gasteiger partial charge in [-0.05, 0) is 79.6 Å². The van der Waals surface area contributed by atoms with Crippen molar-refractivity contribution in [1.29, 1.82) is 0 Å². The molecule has 6 heteroatoms. The number of rotatable bonds is 9. The van der Waals surface area contributed by atoms with Gasteiger partial charge in [0.25, 0.3) is 0 Å². The molecular weight excluding hydrogens is 414 g/mol. The highest BCUT2D eigenvalue weighted by Gasteiger charge is 2.14. The van der Waals surface area contributed by atoms with Gasteiger partial charge < -0.3 is 18.9 Å². The molecule has 0 aliphatic heterocycles. The van der Waals surface area contributed by atoms with Crippen molar-refractivity contribution in [2.75, 3.05) is 14.2 Å². The molecule has 3 aromatic carbocycles. The molecule has 0 radical (unpaired) electrons. The highest BCUT2D eigenvalue weighted by molar-refractivity contribution is 6.32. The first-order chi connectivity index (χ1) is 15.0. The molecule has 0 N–H and O–H groups in total. The van der Waals surface area contributed by atoms with Crippen molar-refractivity contribution in [3.63, 3.8) is 0 Å². The van der Waals surface area contributed by atoms with Gasteiger partial charge in [0.05, 0.1) is 31.0 Å². The third kappa shape index (κ3) is 6.15. The summed E-state index contributed by atoms with van der Waals surface area (Å²) >= 11 is 6.42. The Morgan fingerprint density at radius 3 is 2.10 bits per heavy atom. The van der Waals surface area contributed by atoms with Crippen molar-refractivity contribution in [2.45, 2.75) is 26.4 Å². The SMILES string of the molecule is CC[C@H](C)Oc1c(Cl)cc(C=Nc2ccc(Oc3ccc(OC)cc3)cc2)cc1OC. The number of aliphatic imine (C=N–C) groups is 1. The lowest BCUT2D eigenvalue weighted by atomic mass is 10.2. The summed E-state index contributed by atoms with van der Waals surface area (Å²) in [4.78, 5) is 4.52. The van der Waals surface area contributed by atoms with E-state index in [9.17, 15) is 0 Å². The van der Waals surface area contributed by atoms with Gasteiger partial charge in [-0.2, -0.15) is 0 Å². The molecule has 3 rings (SSSR count). The molecule has 0 heterocycles. The van der Waals surface area contributed by atoms with Crippen LogP contribution in [0.2, 0.25) is 5.02 Å². The molecular formula is C25H26ClNO4. The van der Waals surface area contributed by atoms with E-state index in [2.05, 4.69) is 11.9 Å². The molecule has 162 valence electrons. The van der Waals surface area contributed by atoms with Gasteiger partial charge in [-0.1, -0.05) is 18.5 Å². The van der Waals surface area contributed by atoms with E-state index >= 15 is 0 Å². The second kappa shape index (κ2) is 10.7. The standard InChI is InChI=1S/C25H26ClNO4/c1-5-17(2)30-25-23(26)14-18(15-24(25)29-4)16-27-19-6-8-21(9-7-19)31-22-12-10-20(28-3)11-13-22/h6-17H,5H2,1-4H3/t17-/m0/s1. The Balaban J connectivity index is 1.70. The number of methoxy groups -OCH3 is 2. The van der Waals surface area contributed by atoms with Gasteiger partial charge in [0.1, 0.15) is 17.2 Å². The Morgan fingerprint density at radius 2 is 1.52 bits per heavy atom. The number of hydrogen-bond donors (Lipinski definition) is 0. The Hall–Kier alpha value is -3.18. The van der Waals surface area contributed by atoms with Crippen LogP contribution in [0.25, 0.3) is 0 Å². The fourth-order valence-electron chi connectivity index (χ4n) is 2.74. The Morgan fingerprint density at radius 1 is 0.903 bits per heavy atom. The number of hydrogen-bond acceptors (Lipinski definition) is 5. The summed E-state index contributed by atoms with van der Waals surface area (Å²) in [6, 6.07) is 18.6. The topological polar surface area (TPSA) is 49.3 Å². The predicted octanol–water partition coefficient (Wildman–Crippen LogP) is 7.08. The minimum absolute atomic E-state index is 0.0459. The Kier molecular flexibility index (Phi) is 7.79. The largest absolute Gasteiger partial charge is 0.497 e. The molecule has 3 aromatic rings. The first-order valence-electron chi connectivity index (χ1n) is 10.0. The summed E-state index contributed by atoms with van der Waals surface area (Å²) < 4.78 is 22.3. The zero-order valence-electron chi connectivity index (χ0n) is 18.1. The van der Waals surface area contributed by atoms with Crippen molar-refractivity contribution in [1.82, 2.24) is 0 Å². The number of halogens is 1. The van der Waals surface area contributed by atoms with Crippen LogP contribution >= 0.6 is 11.6 Å². The van der Waals surface area contributed by atoms with Gasteiger partial charge in [-0.3, -0.25) is 4.99 Å². The second-order valence-corrected chi connectivity index (χ2v) is 7.31. The maximum atomic E-state index is 6.42. The van der Waals surface area contributed by atoms with Crippen LogP contribution in [0, 0.1) is 0 Å². The summed E-state index contributed by atoms with van der Waals surface area (Å²) in [6.45, 7) is 4.05. The van der Waals surface area contributed by atoms with E-state index in [0.29, 0.717) is 16.5 Å². The normalized spacial score (nSPS) is 11.9. The zero-order valence-corrected chi connectivity index (χ0v) is 18.8. The number of ether oxygens (including phenoxy) is 4. The fourth-order valence-corrected chi connectivity index (χ4v) is 3.01. The van der Waals surface area contributed by atoms with Crippen molar-refractivity contribution >= 4 is 23.5 Å². The van der Waals surface area contributed by atoms with Crippen LogP contribution in [0.3, 0.4) is 0 Å². The molecule has 0 aromatic heterocycles. The van der Waals surface area contributed by atoms with E-state index in [1.807, 2.05) is 67.6 Å². The van der Waals surface area contributed by atoms with E-state index in [4.69, 9.17) is 30.5 Å². The van der Waals surface area contributed by atoms with Crippen LogP contribution in [0.15, 0.2) is 65.7 Å². The highest BCUT2D eigenvalue weighted by atomic mass is 35.5. The van der Waals surface area contributed by atoms with Gasteiger partial charge >= 0.3 is 0 Å². The third-order valence-electron chi connectivity index (χ3n) is 4.64. The zero-order chi connectivity index (χ0) is 22.2. The average Bonchev–Trinajstić information content (AvgIpc) is 2.80. The van der Waals surface area contributed by atoms with Crippen LogP contribution in [0.1, 0.15) is 25.8 Å². The monoisotopic (exact) mass is 439 g/mol. The van der Waals surface area contributed by atoms with E-state index < -0.39 is 0 Å². The van der Waals surface area contributed by atoms with Crippen LogP contribution in [-0.4, -0.2) is 26.5 Å². The lowest BCUT2D eigenvalue weighted by Gasteiger charge is -2.17. The average molecular weight is 440 g/mol. The smallest absolute Gasteiger partial charge is 0.180 e. The van der Waals surface area contributed by atoms with E-state index in [-0.39, 0.29) is 6.10 Å². The van der Waals surface area contributed by atoms with E-state index in [0.717, 1.165) is 34.9 Å². The second-order valence-electron chi connectivity index (χ2n) is 6.90. The molecule has 0 aliphatic carbocycles. The Labute approximate surface area is 188 Å². The summed E-state index contributed by atoms with van der Waals surface area (Å²) in [5.41, 5.74) is 1.61. The van der Waals surface area contributed by atoms with E-state index in [1.54, 1.807) is 20.4 Å². The predicted molar refractivity (Wildman–Crippen MR) is 125 cm³/mol. The lowest BCUT2D eigenvalue weighted by Crippen LogP contribution is -2.11.